The molecule has 1 rings (SSSR count). The summed E-state index contributed by atoms with van der Waals surface area (Å²) >= 11 is 5.70. The Bertz CT molecular complexity index is 581. The van der Waals surface area contributed by atoms with Crippen LogP contribution in [0.1, 0.15) is 6.92 Å². The molecule has 0 unspecified atom stereocenters. The third kappa shape index (κ3) is 3.75. The van der Waals surface area contributed by atoms with Gasteiger partial charge in [0, 0.05) is 16.5 Å². The predicted molar refractivity (Wildman–Crippen MR) is 68.8 cm³/mol. The van der Waals surface area contributed by atoms with Crippen LogP contribution in [-0.2, 0) is 19.4 Å². The topological polar surface area (TPSA) is 86.5 Å². The molecule has 0 spiro atoms. The zero-order valence-corrected chi connectivity index (χ0v) is 11.2. The van der Waals surface area contributed by atoms with Gasteiger partial charge in [0.05, 0.1) is 17.2 Å². The molecule has 0 saturated heterocycles. The molecule has 0 fully saturated rings. The summed E-state index contributed by atoms with van der Waals surface area (Å²) in [5, 5.41) is 0.986. The monoisotopic (exact) mass is 289 g/mol. The number of esters is 1. The van der Waals surface area contributed by atoms with E-state index in [-0.39, 0.29) is 22.2 Å². The van der Waals surface area contributed by atoms with Gasteiger partial charge < -0.3 is 10.5 Å². The SMILES string of the molecule is CCOC(=O)/C=C\S(=O)(=O)c1cc(Cl)ccc1N. The first kappa shape index (κ1) is 14.5. The summed E-state index contributed by atoms with van der Waals surface area (Å²) in [6.07, 6.45) is 0.833. The molecule has 1 aromatic rings. The van der Waals surface area contributed by atoms with Crippen molar-refractivity contribution in [3.8, 4) is 0 Å². The second-order valence-electron chi connectivity index (χ2n) is 3.28. The summed E-state index contributed by atoms with van der Waals surface area (Å²) in [7, 11) is -3.82. The lowest BCUT2D eigenvalue weighted by atomic mass is 10.3. The standard InChI is InChI=1S/C11H12ClNO4S/c1-2-17-11(14)5-6-18(15,16)10-7-8(12)3-4-9(10)13/h3-7H,2,13H2,1H3/b6-5-. The highest BCUT2D eigenvalue weighted by Gasteiger charge is 2.15. The number of anilines is 1. The lowest BCUT2D eigenvalue weighted by Crippen LogP contribution is -2.04. The lowest BCUT2D eigenvalue weighted by Gasteiger charge is -2.04. The van der Waals surface area contributed by atoms with Crippen molar-refractivity contribution in [2.75, 3.05) is 12.3 Å². The van der Waals surface area contributed by atoms with Gasteiger partial charge in [-0.2, -0.15) is 0 Å². The molecule has 0 heterocycles. The molecule has 1 aromatic carbocycles. The number of carbonyl (C=O) groups is 1. The van der Waals surface area contributed by atoms with Crippen molar-refractivity contribution in [1.29, 1.82) is 0 Å². The Hall–Kier alpha value is -1.53. The molecule has 5 nitrogen and oxygen atoms in total. The molecule has 98 valence electrons. The minimum Gasteiger partial charge on any atom is -0.463 e. The fraction of sp³-hybridized carbons (Fsp3) is 0.182. The van der Waals surface area contributed by atoms with Gasteiger partial charge in [-0.3, -0.25) is 0 Å². The summed E-state index contributed by atoms with van der Waals surface area (Å²) in [5.41, 5.74) is 5.62. The fourth-order valence-electron chi connectivity index (χ4n) is 1.16. The highest BCUT2D eigenvalue weighted by atomic mass is 35.5. The van der Waals surface area contributed by atoms with E-state index in [4.69, 9.17) is 17.3 Å². The van der Waals surface area contributed by atoms with Crippen LogP contribution in [0.4, 0.5) is 5.69 Å². The van der Waals surface area contributed by atoms with E-state index in [0.717, 1.165) is 11.5 Å². The van der Waals surface area contributed by atoms with Crippen LogP contribution in [0.25, 0.3) is 0 Å². The number of hydrogen-bond donors (Lipinski definition) is 1. The molecular weight excluding hydrogens is 278 g/mol. The molecule has 2 N–H and O–H groups in total. The maximum atomic E-state index is 11.9. The predicted octanol–water partition coefficient (Wildman–Crippen LogP) is 1.77. The maximum Gasteiger partial charge on any atom is 0.331 e. The number of sulfone groups is 1. The molecule has 0 aromatic heterocycles. The van der Waals surface area contributed by atoms with Crippen molar-refractivity contribution in [3.63, 3.8) is 0 Å². The zero-order chi connectivity index (χ0) is 13.8. The number of ether oxygens (including phenoxy) is 1. The van der Waals surface area contributed by atoms with Gasteiger partial charge in [-0.05, 0) is 25.1 Å². The number of hydrogen-bond acceptors (Lipinski definition) is 5. The molecule has 0 radical (unpaired) electrons. The van der Waals surface area contributed by atoms with E-state index < -0.39 is 15.8 Å². The zero-order valence-electron chi connectivity index (χ0n) is 9.59. The van der Waals surface area contributed by atoms with Crippen LogP contribution in [0.2, 0.25) is 5.02 Å². The number of nitrogens with two attached hydrogens (primary N) is 1. The van der Waals surface area contributed by atoms with Crippen molar-refractivity contribution in [1.82, 2.24) is 0 Å². The molecule has 0 atom stereocenters. The second kappa shape index (κ2) is 5.88. The molecule has 0 aliphatic rings. The third-order valence-corrected chi connectivity index (χ3v) is 3.65. The van der Waals surface area contributed by atoms with Crippen molar-refractivity contribution in [3.05, 3.63) is 34.7 Å². The summed E-state index contributed by atoms with van der Waals surface area (Å²) in [4.78, 5) is 10.9. The van der Waals surface area contributed by atoms with E-state index in [1.54, 1.807) is 6.92 Å². The summed E-state index contributed by atoms with van der Waals surface area (Å²) in [5.74, 6) is -0.735. The van der Waals surface area contributed by atoms with Crippen LogP contribution >= 0.6 is 11.6 Å². The first-order valence-electron chi connectivity index (χ1n) is 5.01. The number of carbonyl (C=O) groups excluding carboxylic acids is 1. The van der Waals surface area contributed by atoms with Gasteiger partial charge in [-0.1, -0.05) is 11.6 Å². The Balaban J connectivity index is 3.07. The summed E-state index contributed by atoms with van der Waals surface area (Å²) in [6.45, 7) is 1.79. The molecule has 0 aliphatic carbocycles. The van der Waals surface area contributed by atoms with Crippen LogP contribution in [0.5, 0.6) is 0 Å². The van der Waals surface area contributed by atoms with Crippen LogP contribution in [0, 0.1) is 0 Å². The maximum absolute atomic E-state index is 11.9. The average molecular weight is 290 g/mol. The third-order valence-electron chi connectivity index (χ3n) is 1.95. The van der Waals surface area contributed by atoms with Crippen molar-refractivity contribution < 1.29 is 17.9 Å². The minimum atomic E-state index is -3.82. The van der Waals surface area contributed by atoms with E-state index in [1.165, 1.54) is 18.2 Å². The quantitative estimate of drug-likeness (QED) is 0.518. The van der Waals surface area contributed by atoms with Crippen LogP contribution in [0.3, 0.4) is 0 Å². The van der Waals surface area contributed by atoms with Crippen molar-refractivity contribution >= 4 is 33.1 Å². The number of halogens is 1. The number of rotatable bonds is 4. The van der Waals surface area contributed by atoms with Crippen LogP contribution < -0.4 is 5.73 Å². The van der Waals surface area contributed by atoms with Gasteiger partial charge in [0.15, 0.2) is 0 Å². The van der Waals surface area contributed by atoms with Crippen molar-refractivity contribution in [2.45, 2.75) is 11.8 Å². The lowest BCUT2D eigenvalue weighted by molar-refractivity contribution is -0.137. The van der Waals surface area contributed by atoms with Crippen LogP contribution in [0.15, 0.2) is 34.6 Å². The fourth-order valence-corrected chi connectivity index (χ4v) is 2.52. The Labute approximate surface area is 110 Å². The largest absolute Gasteiger partial charge is 0.463 e. The van der Waals surface area contributed by atoms with Gasteiger partial charge in [-0.15, -0.1) is 0 Å². The minimum absolute atomic E-state index is 0.0629. The molecule has 0 saturated carbocycles. The highest BCUT2D eigenvalue weighted by Crippen LogP contribution is 2.24. The molecular formula is C11H12ClNO4S. The number of nitrogen functional groups attached to an aromatic ring is 1. The molecule has 7 heteroatoms. The second-order valence-corrected chi connectivity index (χ2v) is 5.52. The van der Waals surface area contributed by atoms with E-state index >= 15 is 0 Å². The Morgan fingerprint density at radius 1 is 1.50 bits per heavy atom. The van der Waals surface area contributed by atoms with E-state index in [2.05, 4.69) is 4.74 Å². The summed E-state index contributed by atoms with van der Waals surface area (Å²) < 4.78 is 28.3. The molecule has 0 amide bonds. The smallest absolute Gasteiger partial charge is 0.331 e. The first-order valence-corrected chi connectivity index (χ1v) is 6.94. The molecule has 0 aliphatic heterocycles. The molecule has 0 bridgehead atoms. The van der Waals surface area contributed by atoms with E-state index in [9.17, 15) is 13.2 Å². The van der Waals surface area contributed by atoms with Gasteiger partial charge in [-0.25, -0.2) is 13.2 Å². The normalized spacial score (nSPS) is 11.7. The van der Waals surface area contributed by atoms with Gasteiger partial charge in [0.25, 0.3) is 0 Å². The van der Waals surface area contributed by atoms with E-state index in [0.29, 0.717) is 0 Å². The Kier molecular flexibility index (Phi) is 4.75. The van der Waals surface area contributed by atoms with Crippen molar-refractivity contribution in [2.24, 2.45) is 0 Å². The highest BCUT2D eigenvalue weighted by molar-refractivity contribution is 7.94. The van der Waals surface area contributed by atoms with Gasteiger partial charge >= 0.3 is 5.97 Å². The Morgan fingerprint density at radius 2 is 2.17 bits per heavy atom. The van der Waals surface area contributed by atoms with E-state index in [1.807, 2.05) is 0 Å². The first-order chi connectivity index (χ1) is 8.36. The number of benzene rings is 1. The van der Waals surface area contributed by atoms with Crippen LogP contribution in [-0.4, -0.2) is 21.0 Å². The summed E-state index contributed by atoms with van der Waals surface area (Å²) in [6, 6.07) is 4.08. The van der Waals surface area contributed by atoms with Gasteiger partial charge in [0.2, 0.25) is 9.84 Å². The Morgan fingerprint density at radius 3 is 2.78 bits per heavy atom. The average Bonchev–Trinajstić information content (AvgIpc) is 2.30. The molecule has 18 heavy (non-hydrogen) atoms. The van der Waals surface area contributed by atoms with Gasteiger partial charge in [0.1, 0.15) is 0 Å².